The van der Waals surface area contributed by atoms with Gasteiger partial charge in [-0.05, 0) is 57.5 Å². The second-order valence-electron chi connectivity index (χ2n) is 18.5. The summed E-state index contributed by atoms with van der Waals surface area (Å²) in [6, 6.07) is 4.49. The number of β-lactam (4-membered cyclic amide) rings is 1. The van der Waals surface area contributed by atoms with Crippen LogP contribution in [0.2, 0.25) is 0 Å². The van der Waals surface area contributed by atoms with Crippen molar-refractivity contribution in [3.63, 3.8) is 0 Å². The lowest BCUT2D eigenvalue weighted by atomic mass is 9.57. The molecule has 1 saturated heterocycles. The first-order chi connectivity index (χ1) is 36.1. The van der Waals surface area contributed by atoms with Crippen molar-refractivity contribution in [2.24, 2.45) is 29.8 Å². The number of esters is 2. The molecular weight excluding hydrogens is 1070 g/mol. The fourth-order valence-corrected chi connectivity index (χ4v) is 13.8. The molecule has 24 nitrogen and oxygen atoms in total. The maximum atomic E-state index is 14.5. The molecule has 2 aliphatic heterocycles. The highest BCUT2D eigenvalue weighted by molar-refractivity contribution is 8.07. The highest BCUT2D eigenvalue weighted by Crippen LogP contribution is 2.54. The lowest BCUT2D eigenvalue weighted by Gasteiger charge is -2.50. The number of aliphatic hydroxyl groups excluding tert-OH is 2. The number of nitrogens with one attached hydrogen (secondary N) is 1. The Kier molecular flexibility index (Phi) is 14.8. The van der Waals surface area contributed by atoms with E-state index in [1.54, 1.807) is 32.0 Å². The number of anilines is 2. The first-order valence-corrected chi connectivity index (χ1v) is 26.9. The van der Waals surface area contributed by atoms with Crippen LogP contribution in [0.1, 0.15) is 36.7 Å². The largest absolute Gasteiger partial charge is 0.508 e. The Hall–Kier alpha value is -7.24. The van der Waals surface area contributed by atoms with Gasteiger partial charge in [-0.3, -0.25) is 38.6 Å². The Morgan fingerprint density at radius 1 is 1.08 bits per heavy atom. The molecule has 6 atom stereocenters. The van der Waals surface area contributed by atoms with E-state index in [9.17, 15) is 48.9 Å². The van der Waals surface area contributed by atoms with Crippen LogP contribution in [0.3, 0.4) is 0 Å². The van der Waals surface area contributed by atoms with Gasteiger partial charge in [0.2, 0.25) is 17.3 Å². The van der Waals surface area contributed by atoms with Crippen LogP contribution in [-0.4, -0.2) is 157 Å². The molecule has 9 rings (SSSR count). The number of carbonyl (C=O) groups is 7. The van der Waals surface area contributed by atoms with Crippen molar-refractivity contribution in [2.45, 2.75) is 53.6 Å². The first-order valence-electron chi connectivity index (χ1n) is 23.4. The maximum absolute atomic E-state index is 14.5. The van der Waals surface area contributed by atoms with Crippen LogP contribution in [0.4, 0.5) is 10.8 Å². The van der Waals surface area contributed by atoms with E-state index in [0.717, 1.165) is 28.9 Å². The summed E-state index contributed by atoms with van der Waals surface area (Å²) >= 11 is 4.61. The molecule has 4 aromatic rings. The minimum atomic E-state index is -2.83. The molecule has 5 heterocycles. The zero-order chi connectivity index (χ0) is 54.7. The monoisotopic (exact) mass is 1120 g/mol. The number of amides is 3. The molecule has 3 aliphatic carbocycles. The Morgan fingerprint density at radius 2 is 1.82 bits per heavy atom. The summed E-state index contributed by atoms with van der Waals surface area (Å²) in [5.74, 6) is -10.8. The minimum absolute atomic E-state index is 0.0572. The molecule has 2 fully saturated rings. The number of nitrogens with two attached hydrogens (primary N) is 2. The van der Waals surface area contributed by atoms with E-state index < -0.39 is 106 Å². The number of aromatic nitrogens is 4. The molecule has 0 radical (unpaired) electrons. The van der Waals surface area contributed by atoms with Gasteiger partial charge in [0.25, 0.3) is 17.7 Å². The minimum Gasteiger partial charge on any atom is -0.508 e. The second kappa shape index (κ2) is 21.1. The number of nitrogen functional groups attached to an aromatic ring is 1. The van der Waals surface area contributed by atoms with Gasteiger partial charge in [-0.1, -0.05) is 16.9 Å². The summed E-state index contributed by atoms with van der Waals surface area (Å²) in [6.45, 7) is 1.22. The molecular formula is C48H50N11O13S4+. The van der Waals surface area contributed by atoms with Crippen LogP contribution >= 0.6 is 46.4 Å². The van der Waals surface area contributed by atoms with Gasteiger partial charge < -0.3 is 51.3 Å². The zero-order valence-electron chi connectivity index (χ0n) is 41.5. The Labute approximate surface area is 449 Å². The molecule has 0 unspecified atom stereocenters. The van der Waals surface area contributed by atoms with E-state index in [1.165, 1.54) is 53.1 Å². The number of likely N-dealkylation sites (N-methyl/N-ethyl adjacent to an activating group) is 1. The third-order valence-corrected chi connectivity index (χ3v) is 17.4. The molecule has 28 heteroatoms. The number of benzene rings is 1. The van der Waals surface area contributed by atoms with Crippen LogP contribution in [0, 0.1) is 11.8 Å². The number of fused-ring (bicyclic) bond motifs is 4. The number of ether oxygens (including phenoxy) is 2. The van der Waals surface area contributed by atoms with Gasteiger partial charge in [-0.2, -0.15) is 9.36 Å². The summed E-state index contributed by atoms with van der Waals surface area (Å²) in [7, 11) is 8.42. The third-order valence-electron chi connectivity index (χ3n) is 13.3. The van der Waals surface area contributed by atoms with Crippen molar-refractivity contribution in [3.05, 3.63) is 86.5 Å². The number of nitrogens with zero attached hydrogens (tertiary/aromatic N) is 8. The molecule has 8 N–H and O–H groups in total. The van der Waals surface area contributed by atoms with E-state index in [-0.39, 0.29) is 64.5 Å². The first kappa shape index (κ1) is 53.6. The SMILES string of the molecule is CCO/N=C(/C(=O)N[C@@H]1C(=O)N2C(C(=O)OCCC(=O)Oc3ccc(N(C)C)c4c3C(O)=C3C(=O)[C@@]5(O)C(O)=C(C(N)=O)C(=O)[C@H](N(C)C)[C@H]5C[C@H]3C4)=C(Sc3nc(-c4cc[n+](C)cc4)cs3)CS[C@H]12)c1nsc(N)n1. The molecule has 0 spiro atoms. The number of aryl methyl sites for hydroxylation is 1. The molecule has 5 aliphatic rings. The maximum Gasteiger partial charge on any atom is 0.355 e. The summed E-state index contributed by atoms with van der Waals surface area (Å²) < 4.78 is 18.0. The number of thioether (sulfide) groups is 2. The van der Waals surface area contributed by atoms with E-state index in [2.05, 4.69) is 19.8 Å². The molecule has 398 valence electrons. The summed E-state index contributed by atoms with van der Waals surface area (Å²) in [6.07, 6.45) is 3.20. The van der Waals surface area contributed by atoms with Crippen LogP contribution < -0.4 is 31.0 Å². The number of primary amides is 1. The molecule has 1 aromatic carbocycles. The fraction of sp³-hybridized carbons (Fsp3) is 0.375. The predicted molar refractivity (Wildman–Crippen MR) is 277 cm³/mol. The third kappa shape index (κ3) is 9.45. The van der Waals surface area contributed by atoms with Gasteiger partial charge in [0.05, 0.1) is 23.7 Å². The predicted octanol–water partition coefficient (Wildman–Crippen LogP) is 1.39. The fourth-order valence-electron chi connectivity index (χ4n) is 9.91. The number of thiazole rings is 1. The number of hydrogen-bond acceptors (Lipinski definition) is 24. The van der Waals surface area contributed by atoms with Crippen molar-refractivity contribution in [2.75, 3.05) is 57.8 Å². The molecule has 3 amide bonds. The summed E-state index contributed by atoms with van der Waals surface area (Å²) in [5.41, 5.74) is 9.28. The molecule has 1 saturated carbocycles. The van der Waals surface area contributed by atoms with Crippen LogP contribution in [0.25, 0.3) is 17.0 Å². The van der Waals surface area contributed by atoms with Crippen LogP contribution in [-0.2, 0) is 56.6 Å². The van der Waals surface area contributed by atoms with Crippen LogP contribution in [0.5, 0.6) is 5.75 Å². The van der Waals surface area contributed by atoms with Gasteiger partial charge in [0, 0.05) is 76.5 Å². The van der Waals surface area contributed by atoms with E-state index in [0.29, 0.717) is 26.2 Å². The van der Waals surface area contributed by atoms with E-state index >= 15 is 0 Å². The van der Waals surface area contributed by atoms with Gasteiger partial charge in [0.1, 0.15) is 60.2 Å². The Balaban J connectivity index is 0.959. The zero-order valence-corrected chi connectivity index (χ0v) is 44.7. The standard InChI is InChI=1S/C48H49N11O13S4/c1-7-71-54-32(41-53-46(50)76-55-41)42(66)52-33-43(67)59-35(27(19-73-44(33)59)75-47-51-24(18-74-47)20-10-13-58(6)14-11-20)45(68)70-15-12-28(60)72-26-9-8-25(56(2)3)22-16-21-17-23-34(57(4)5)37(62)31(40(49)65)39(64)48(23,69)38(63)29(21)36(61)30(22)26/h8-11,13-14,18,21,23,33-34,44,69H,7,12,15-17,19H2,1-6H3,(H6-,49,50,52,53,55,61,62,63,64,65,66)/p+1/b54-32+/t21-,23-,33-,34-,44-,48-/m1/s1. The smallest absolute Gasteiger partial charge is 0.355 e. The number of oxime groups is 1. The van der Waals surface area contributed by atoms with Crippen molar-refractivity contribution in [3.8, 4) is 17.0 Å². The number of aliphatic hydroxyl groups is 3. The lowest BCUT2D eigenvalue weighted by Crippen LogP contribution is -2.71. The van der Waals surface area contributed by atoms with E-state index in [4.69, 9.17) is 30.8 Å². The van der Waals surface area contributed by atoms with Crippen molar-refractivity contribution >= 4 is 110 Å². The number of carbonyl (C=O) groups excluding carboxylic acids is 7. The Bertz CT molecular complexity index is 3260. The van der Waals surface area contributed by atoms with Gasteiger partial charge in [-0.25, -0.2) is 14.3 Å². The summed E-state index contributed by atoms with van der Waals surface area (Å²) in [4.78, 5) is 115. The van der Waals surface area contributed by atoms with Crippen LogP contribution in [0.15, 0.2) is 79.0 Å². The topological polar surface area (TPSA) is 337 Å². The van der Waals surface area contributed by atoms with E-state index in [1.807, 2.05) is 41.5 Å². The molecule has 76 heavy (non-hydrogen) atoms. The number of ketones is 2. The van der Waals surface area contributed by atoms with Crippen molar-refractivity contribution in [1.82, 2.24) is 29.5 Å². The van der Waals surface area contributed by atoms with Crippen molar-refractivity contribution in [1.29, 1.82) is 0 Å². The van der Waals surface area contributed by atoms with Gasteiger partial charge in [-0.15, -0.1) is 23.1 Å². The van der Waals surface area contributed by atoms with Crippen molar-refractivity contribution < 1.29 is 67.8 Å². The number of Topliss-reactive ketones (excluding diaryl/α,β-unsaturated/α-hetero) is 2. The number of pyridine rings is 1. The van der Waals surface area contributed by atoms with Gasteiger partial charge >= 0.3 is 11.9 Å². The highest BCUT2D eigenvalue weighted by Gasteiger charge is 2.64. The Morgan fingerprint density at radius 3 is 2.47 bits per heavy atom. The number of hydrogen-bond donors (Lipinski definition) is 6. The van der Waals surface area contributed by atoms with Gasteiger partial charge in [0.15, 0.2) is 33.2 Å². The molecule has 0 bridgehead atoms. The quantitative estimate of drug-likeness (QED) is 0.0176. The lowest BCUT2D eigenvalue weighted by molar-refractivity contribution is -0.671. The summed E-state index contributed by atoms with van der Waals surface area (Å²) in [5, 5.41) is 43.2. The normalized spacial score (nSPS) is 23.1. The highest BCUT2D eigenvalue weighted by atomic mass is 32.2. The average molecular weight is 1120 g/mol. The second-order valence-corrected chi connectivity index (χ2v) is 22.5. The number of rotatable bonds is 16. The average Bonchev–Trinajstić information content (AvgIpc) is 4.12. The molecule has 3 aromatic heterocycles.